The van der Waals surface area contributed by atoms with E-state index in [0.717, 1.165) is 6.08 Å². The van der Waals surface area contributed by atoms with Gasteiger partial charge in [-0.3, -0.25) is 0 Å². The molecule has 0 radical (unpaired) electrons. The van der Waals surface area contributed by atoms with Crippen molar-refractivity contribution in [3.63, 3.8) is 0 Å². The summed E-state index contributed by atoms with van der Waals surface area (Å²) in [7, 11) is 1.44. The fourth-order valence-corrected chi connectivity index (χ4v) is 1.52. The Kier molecular flexibility index (Phi) is 6.08. The lowest BCUT2D eigenvalue weighted by molar-refractivity contribution is -0.136. The van der Waals surface area contributed by atoms with Crippen molar-refractivity contribution in [2.75, 3.05) is 13.7 Å². The number of alkyl halides is 3. The number of ether oxygens (including phenoxy) is 2. The summed E-state index contributed by atoms with van der Waals surface area (Å²) in [5.74, 6) is -0.392. The molecule has 4 nitrogen and oxygen atoms in total. The minimum atomic E-state index is -4.22. The number of aliphatic carboxylic acids is 1. The Morgan fingerprint density at radius 1 is 1.38 bits per heavy atom. The third-order valence-electron chi connectivity index (χ3n) is 2.49. The SMILES string of the molecule is COc1ccc(/C=C/C(=O)O)c(OCCCC(F)(F)F)c1. The van der Waals surface area contributed by atoms with E-state index in [1.54, 1.807) is 12.1 Å². The normalized spacial score (nSPS) is 11.6. The first kappa shape index (κ1) is 16.9. The van der Waals surface area contributed by atoms with Crippen molar-refractivity contribution in [1.29, 1.82) is 0 Å². The first-order valence-corrected chi connectivity index (χ1v) is 6.10. The summed E-state index contributed by atoms with van der Waals surface area (Å²) < 4.78 is 46.4. The smallest absolute Gasteiger partial charge is 0.389 e. The molecule has 0 bridgehead atoms. The maximum Gasteiger partial charge on any atom is 0.389 e. The van der Waals surface area contributed by atoms with Gasteiger partial charge in [0.15, 0.2) is 0 Å². The number of methoxy groups -OCH3 is 1. The van der Waals surface area contributed by atoms with Gasteiger partial charge in [0, 0.05) is 24.1 Å². The minimum absolute atomic E-state index is 0.124. The van der Waals surface area contributed by atoms with Crippen molar-refractivity contribution in [2.45, 2.75) is 19.0 Å². The zero-order valence-electron chi connectivity index (χ0n) is 11.3. The van der Waals surface area contributed by atoms with Crippen LogP contribution < -0.4 is 9.47 Å². The number of carbonyl (C=O) groups is 1. The molecule has 0 aliphatic heterocycles. The third-order valence-corrected chi connectivity index (χ3v) is 2.49. The molecule has 0 saturated carbocycles. The number of rotatable bonds is 7. The van der Waals surface area contributed by atoms with Gasteiger partial charge in [0.2, 0.25) is 0 Å². The minimum Gasteiger partial charge on any atom is -0.497 e. The Bertz CT molecular complexity index is 509. The molecule has 1 N–H and O–H groups in total. The Morgan fingerprint density at radius 2 is 2.10 bits per heavy atom. The van der Waals surface area contributed by atoms with Gasteiger partial charge in [0.1, 0.15) is 11.5 Å². The van der Waals surface area contributed by atoms with E-state index in [9.17, 15) is 18.0 Å². The molecule has 1 aromatic rings. The van der Waals surface area contributed by atoms with Crippen LogP contribution in [-0.4, -0.2) is 31.0 Å². The van der Waals surface area contributed by atoms with Crippen molar-refractivity contribution < 1.29 is 32.5 Å². The van der Waals surface area contributed by atoms with Crippen LogP contribution in [0.2, 0.25) is 0 Å². The molecule has 116 valence electrons. The van der Waals surface area contributed by atoms with E-state index in [0.29, 0.717) is 11.3 Å². The molecule has 0 saturated heterocycles. The molecular weight excluding hydrogens is 289 g/mol. The van der Waals surface area contributed by atoms with Crippen LogP contribution in [0.4, 0.5) is 13.2 Å². The predicted octanol–water partition coefficient (Wildman–Crippen LogP) is 3.51. The molecule has 0 unspecified atom stereocenters. The van der Waals surface area contributed by atoms with Gasteiger partial charge >= 0.3 is 12.1 Å². The summed E-state index contributed by atoms with van der Waals surface area (Å²) in [6.07, 6.45) is -3.10. The molecule has 0 spiro atoms. The summed E-state index contributed by atoms with van der Waals surface area (Å²) in [4.78, 5) is 10.5. The molecule has 0 aliphatic carbocycles. The highest BCUT2D eigenvalue weighted by molar-refractivity contribution is 5.86. The van der Waals surface area contributed by atoms with Crippen LogP contribution in [0.1, 0.15) is 18.4 Å². The molecule has 0 fully saturated rings. The maximum atomic E-state index is 12.0. The van der Waals surface area contributed by atoms with Crippen molar-refractivity contribution in [3.8, 4) is 11.5 Å². The van der Waals surface area contributed by atoms with Gasteiger partial charge in [-0.15, -0.1) is 0 Å². The summed E-state index contributed by atoms with van der Waals surface area (Å²) in [5.41, 5.74) is 0.449. The van der Waals surface area contributed by atoms with E-state index >= 15 is 0 Å². The molecule has 1 aromatic carbocycles. The van der Waals surface area contributed by atoms with Gasteiger partial charge in [0.25, 0.3) is 0 Å². The summed E-state index contributed by atoms with van der Waals surface area (Å²) in [5, 5.41) is 8.59. The lowest BCUT2D eigenvalue weighted by atomic mass is 10.1. The highest BCUT2D eigenvalue weighted by Gasteiger charge is 2.26. The second-order valence-corrected chi connectivity index (χ2v) is 4.14. The Labute approximate surface area is 119 Å². The fraction of sp³-hybridized carbons (Fsp3) is 0.357. The van der Waals surface area contributed by atoms with Crippen LogP contribution in [0.3, 0.4) is 0 Å². The monoisotopic (exact) mass is 304 g/mol. The number of hydrogen-bond acceptors (Lipinski definition) is 3. The standard InChI is InChI=1S/C14H15F3O4/c1-20-11-5-3-10(4-6-13(18)19)12(9-11)21-8-2-7-14(15,16)17/h3-6,9H,2,7-8H2,1H3,(H,18,19)/b6-4+. The number of benzene rings is 1. The first-order chi connectivity index (χ1) is 9.81. The molecule has 0 amide bonds. The van der Waals surface area contributed by atoms with Gasteiger partial charge in [-0.25, -0.2) is 4.79 Å². The Hall–Kier alpha value is -2.18. The topological polar surface area (TPSA) is 55.8 Å². The molecule has 1 rings (SSSR count). The van der Waals surface area contributed by atoms with E-state index < -0.39 is 18.6 Å². The molecule has 0 aliphatic rings. The molecule has 0 aromatic heterocycles. The van der Waals surface area contributed by atoms with Crippen LogP contribution in [0.5, 0.6) is 11.5 Å². The largest absolute Gasteiger partial charge is 0.497 e. The molecule has 7 heteroatoms. The van der Waals surface area contributed by atoms with E-state index in [1.807, 2.05) is 0 Å². The number of carboxylic acids is 1. The lowest BCUT2D eigenvalue weighted by Gasteiger charge is -2.11. The van der Waals surface area contributed by atoms with Gasteiger partial charge in [0.05, 0.1) is 13.7 Å². The predicted molar refractivity (Wildman–Crippen MR) is 70.4 cm³/mol. The average Bonchev–Trinajstić information content (AvgIpc) is 2.40. The van der Waals surface area contributed by atoms with Gasteiger partial charge in [-0.2, -0.15) is 13.2 Å². The van der Waals surface area contributed by atoms with Crippen molar-refractivity contribution in [2.24, 2.45) is 0 Å². The molecule has 21 heavy (non-hydrogen) atoms. The van der Waals surface area contributed by atoms with Gasteiger partial charge < -0.3 is 14.6 Å². The van der Waals surface area contributed by atoms with Crippen LogP contribution in [0.15, 0.2) is 24.3 Å². The number of carboxylic acid groups (broad SMARTS) is 1. The van der Waals surface area contributed by atoms with Crippen LogP contribution in [-0.2, 0) is 4.79 Å². The quantitative estimate of drug-likeness (QED) is 0.618. The zero-order valence-corrected chi connectivity index (χ0v) is 11.3. The average molecular weight is 304 g/mol. The van der Waals surface area contributed by atoms with E-state index in [4.69, 9.17) is 14.6 Å². The van der Waals surface area contributed by atoms with Crippen molar-refractivity contribution >= 4 is 12.0 Å². The Morgan fingerprint density at radius 3 is 2.67 bits per heavy atom. The Balaban J connectivity index is 2.74. The second-order valence-electron chi connectivity index (χ2n) is 4.14. The summed E-state index contributed by atoms with van der Waals surface area (Å²) in [6.45, 7) is -0.124. The van der Waals surface area contributed by atoms with Gasteiger partial charge in [-0.05, 0) is 24.6 Å². The first-order valence-electron chi connectivity index (χ1n) is 6.10. The second kappa shape index (κ2) is 7.56. The third kappa shape index (κ3) is 6.69. The fourth-order valence-electron chi connectivity index (χ4n) is 1.52. The summed E-state index contributed by atoms with van der Waals surface area (Å²) >= 11 is 0. The highest BCUT2D eigenvalue weighted by Crippen LogP contribution is 2.27. The van der Waals surface area contributed by atoms with Crippen LogP contribution >= 0.6 is 0 Å². The van der Waals surface area contributed by atoms with E-state index in [2.05, 4.69) is 0 Å². The number of halogens is 3. The number of hydrogen-bond donors (Lipinski definition) is 1. The van der Waals surface area contributed by atoms with Crippen molar-refractivity contribution in [3.05, 3.63) is 29.8 Å². The summed E-state index contributed by atoms with van der Waals surface area (Å²) in [6, 6.07) is 4.66. The van der Waals surface area contributed by atoms with Gasteiger partial charge in [-0.1, -0.05) is 0 Å². The lowest BCUT2D eigenvalue weighted by Crippen LogP contribution is -2.10. The van der Waals surface area contributed by atoms with E-state index in [-0.39, 0.29) is 18.8 Å². The molecule has 0 atom stereocenters. The molecular formula is C14H15F3O4. The zero-order chi connectivity index (χ0) is 15.9. The maximum absolute atomic E-state index is 12.0. The highest BCUT2D eigenvalue weighted by atomic mass is 19.4. The van der Waals surface area contributed by atoms with Crippen LogP contribution in [0.25, 0.3) is 6.08 Å². The van der Waals surface area contributed by atoms with Crippen LogP contribution in [0, 0.1) is 0 Å². The molecule has 0 heterocycles. The van der Waals surface area contributed by atoms with Crippen molar-refractivity contribution in [1.82, 2.24) is 0 Å². The van der Waals surface area contributed by atoms with E-state index in [1.165, 1.54) is 19.3 Å².